The maximum absolute atomic E-state index is 2.62. The average molecular weight is 455 g/mol. The number of hydrogen-bond donors (Lipinski definition) is 0. The van der Waals surface area contributed by atoms with Gasteiger partial charge in [0.1, 0.15) is 0 Å². The molecule has 1 fully saturated rings. The topological polar surface area (TPSA) is 0 Å². The molecule has 0 aliphatic heterocycles. The SMILES string of the molecule is Cc1ccccc1P(c1ccccc1C)[C@H]1CCCC1C(C)P(C(C)(C)C)C(C)(C)C. The summed E-state index contributed by atoms with van der Waals surface area (Å²) < 4.78 is 0. The second-order valence-corrected chi connectivity index (χ2v) is 18.2. The Hall–Kier alpha value is -0.700. The van der Waals surface area contributed by atoms with Crippen LogP contribution >= 0.6 is 15.8 Å². The van der Waals surface area contributed by atoms with Gasteiger partial charge in [0.2, 0.25) is 0 Å². The standard InChI is InChI=1S/C29H44P2/c1-21-15-10-12-18-25(21)30(26-19-13-11-16-22(26)2)27-20-14-17-24(27)23(3)31(28(4,5)6)29(7,8)9/h10-13,15-16,18-19,23-24,27H,14,17,20H2,1-9H3/t23?,24?,27-/m0/s1. The molecular formula is C29H44P2. The van der Waals surface area contributed by atoms with E-state index in [0.717, 1.165) is 17.2 Å². The van der Waals surface area contributed by atoms with Gasteiger partial charge in [-0.05, 0) is 83.9 Å². The van der Waals surface area contributed by atoms with Crippen LogP contribution in [0, 0.1) is 19.8 Å². The fourth-order valence-electron chi connectivity index (χ4n) is 6.43. The van der Waals surface area contributed by atoms with Crippen molar-refractivity contribution in [3.05, 3.63) is 59.7 Å². The maximum atomic E-state index is 2.62. The zero-order valence-electron chi connectivity index (χ0n) is 21.4. The van der Waals surface area contributed by atoms with Crippen LogP contribution in [0.5, 0.6) is 0 Å². The Morgan fingerprint density at radius 1 is 0.742 bits per heavy atom. The van der Waals surface area contributed by atoms with Crippen molar-refractivity contribution in [2.75, 3.05) is 0 Å². The van der Waals surface area contributed by atoms with Gasteiger partial charge in [0, 0.05) is 0 Å². The molecule has 0 aromatic heterocycles. The van der Waals surface area contributed by atoms with Gasteiger partial charge in [-0.25, -0.2) is 0 Å². The van der Waals surface area contributed by atoms with Crippen molar-refractivity contribution >= 4 is 26.5 Å². The van der Waals surface area contributed by atoms with Gasteiger partial charge < -0.3 is 0 Å². The molecule has 2 unspecified atom stereocenters. The minimum atomic E-state index is -0.352. The van der Waals surface area contributed by atoms with Crippen molar-refractivity contribution in [1.29, 1.82) is 0 Å². The summed E-state index contributed by atoms with van der Waals surface area (Å²) in [7, 11) is -0.461. The highest BCUT2D eigenvalue weighted by atomic mass is 31.1. The Balaban J connectivity index is 2.09. The minimum absolute atomic E-state index is 0.109. The molecule has 1 saturated carbocycles. The molecule has 2 heteroatoms. The lowest BCUT2D eigenvalue weighted by Crippen LogP contribution is -2.37. The van der Waals surface area contributed by atoms with Crippen LogP contribution in [0.3, 0.4) is 0 Å². The Bertz CT molecular complexity index is 811. The molecule has 0 amide bonds. The maximum Gasteiger partial charge on any atom is -0.00943 e. The van der Waals surface area contributed by atoms with Gasteiger partial charge in [0.25, 0.3) is 0 Å². The first-order valence-corrected chi connectivity index (χ1v) is 14.9. The molecule has 0 bridgehead atoms. The Kier molecular flexibility index (Phi) is 7.77. The van der Waals surface area contributed by atoms with E-state index >= 15 is 0 Å². The van der Waals surface area contributed by atoms with E-state index in [1.807, 2.05) is 0 Å². The van der Waals surface area contributed by atoms with E-state index in [9.17, 15) is 0 Å². The smallest absolute Gasteiger partial charge is 0.00943 e. The van der Waals surface area contributed by atoms with Gasteiger partial charge in [-0.3, -0.25) is 0 Å². The van der Waals surface area contributed by atoms with Gasteiger partial charge in [-0.2, -0.15) is 0 Å². The molecule has 3 atom stereocenters. The number of hydrogen-bond acceptors (Lipinski definition) is 0. The van der Waals surface area contributed by atoms with E-state index in [2.05, 4.69) is 111 Å². The monoisotopic (exact) mass is 454 g/mol. The van der Waals surface area contributed by atoms with E-state index < -0.39 is 0 Å². The Labute approximate surface area is 195 Å². The van der Waals surface area contributed by atoms with Crippen LogP contribution in [0.25, 0.3) is 0 Å². The summed E-state index contributed by atoms with van der Waals surface area (Å²) in [6.07, 6.45) is 4.20. The Morgan fingerprint density at radius 3 is 1.61 bits per heavy atom. The number of rotatable bonds is 5. The minimum Gasteiger partial charge on any atom is -0.0924 e. The zero-order valence-corrected chi connectivity index (χ0v) is 23.2. The third-order valence-corrected chi connectivity index (χ3v) is 14.5. The summed E-state index contributed by atoms with van der Waals surface area (Å²) in [6, 6.07) is 18.5. The normalized spacial score (nSPS) is 21.1. The fourth-order valence-corrected chi connectivity index (χ4v) is 15.4. The predicted molar refractivity (Wildman–Crippen MR) is 146 cm³/mol. The highest BCUT2D eigenvalue weighted by molar-refractivity contribution is 7.74. The van der Waals surface area contributed by atoms with E-state index in [1.165, 1.54) is 30.4 Å². The summed E-state index contributed by atoms with van der Waals surface area (Å²) in [5.74, 6) is 0.829. The molecule has 1 aliphatic rings. The molecule has 170 valence electrons. The van der Waals surface area contributed by atoms with Crippen LogP contribution in [0.2, 0.25) is 0 Å². The van der Waals surface area contributed by atoms with E-state index in [4.69, 9.17) is 0 Å². The van der Waals surface area contributed by atoms with Crippen molar-refractivity contribution in [3.8, 4) is 0 Å². The van der Waals surface area contributed by atoms with Crippen molar-refractivity contribution in [2.45, 2.75) is 103 Å². The lowest BCUT2D eigenvalue weighted by Gasteiger charge is -2.49. The first-order chi connectivity index (χ1) is 14.4. The molecule has 1 aliphatic carbocycles. The molecule has 0 heterocycles. The van der Waals surface area contributed by atoms with E-state index in [-0.39, 0.29) is 15.8 Å². The molecule has 31 heavy (non-hydrogen) atoms. The van der Waals surface area contributed by atoms with Crippen LogP contribution < -0.4 is 10.6 Å². The quantitative estimate of drug-likeness (QED) is 0.398. The van der Waals surface area contributed by atoms with Crippen molar-refractivity contribution in [2.24, 2.45) is 5.92 Å². The second kappa shape index (κ2) is 9.65. The van der Waals surface area contributed by atoms with Crippen LogP contribution in [0.1, 0.15) is 78.9 Å². The fraction of sp³-hybridized carbons (Fsp3) is 0.586. The molecule has 3 rings (SSSR count). The van der Waals surface area contributed by atoms with Crippen LogP contribution in [0.4, 0.5) is 0 Å². The summed E-state index contributed by atoms with van der Waals surface area (Å²) in [5, 5.41) is 4.00. The van der Waals surface area contributed by atoms with Crippen molar-refractivity contribution in [1.82, 2.24) is 0 Å². The van der Waals surface area contributed by atoms with Crippen LogP contribution in [-0.4, -0.2) is 21.6 Å². The predicted octanol–water partition coefficient (Wildman–Crippen LogP) is 8.37. The third-order valence-electron chi connectivity index (χ3n) is 7.09. The van der Waals surface area contributed by atoms with Crippen LogP contribution in [-0.2, 0) is 0 Å². The molecule has 2 aromatic rings. The summed E-state index contributed by atoms with van der Waals surface area (Å²) in [4.78, 5) is 0. The molecule has 0 N–H and O–H groups in total. The highest BCUT2D eigenvalue weighted by Crippen LogP contribution is 2.67. The first kappa shape index (κ1) is 24.9. The highest BCUT2D eigenvalue weighted by Gasteiger charge is 2.46. The number of benzene rings is 2. The molecule has 0 saturated heterocycles. The lowest BCUT2D eigenvalue weighted by molar-refractivity contribution is 0.527. The van der Waals surface area contributed by atoms with Gasteiger partial charge >= 0.3 is 0 Å². The molecule has 0 spiro atoms. The lowest BCUT2D eigenvalue weighted by atomic mass is 10.0. The summed E-state index contributed by atoms with van der Waals surface area (Å²) in [5.41, 5.74) is 4.54. The van der Waals surface area contributed by atoms with Gasteiger partial charge in [-0.1, -0.05) is 111 Å². The largest absolute Gasteiger partial charge is 0.0924 e. The second-order valence-electron chi connectivity index (χ2n) is 11.6. The van der Waals surface area contributed by atoms with E-state index in [0.29, 0.717) is 10.3 Å². The van der Waals surface area contributed by atoms with E-state index in [1.54, 1.807) is 10.6 Å². The molecule has 0 nitrogen and oxygen atoms in total. The first-order valence-electron chi connectivity index (χ1n) is 12.1. The zero-order chi connectivity index (χ0) is 23.0. The van der Waals surface area contributed by atoms with Crippen molar-refractivity contribution < 1.29 is 0 Å². The molecule has 0 radical (unpaired) electrons. The molecular weight excluding hydrogens is 410 g/mol. The molecule has 2 aromatic carbocycles. The third kappa shape index (κ3) is 5.45. The summed E-state index contributed by atoms with van der Waals surface area (Å²) >= 11 is 0. The van der Waals surface area contributed by atoms with Gasteiger partial charge in [-0.15, -0.1) is 0 Å². The average Bonchev–Trinajstić information content (AvgIpc) is 3.12. The number of aryl methyl sites for hydroxylation is 2. The van der Waals surface area contributed by atoms with Crippen LogP contribution in [0.15, 0.2) is 48.5 Å². The summed E-state index contributed by atoms with van der Waals surface area (Å²) in [6.45, 7) is 22.2. The Morgan fingerprint density at radius 2 is 1.19 bits per heavy atom. The van der Waals surface area contributed by atoms with Gasteiger partial charge in [0.15, 0.2) is 0 Å². The van der Waals surface area contributed by atoms with Gasteiger partial charge in [0.05, 0.1) is 0 Å². The van der Waals surface area contributed by atoms with Crippen molar-refractivity contribution in [3.63, 3.8) is 0 Å².